The van der Waals surface area contributed by atoms with Crippen LogP contribution in [0.2, 0.25) is 0 Å². The monoisotopic (exact) mass is 415 g/mol. The quantitative estimate of drug-likeness (QED) is 0.455. The SMILES string of the molecule is Cc1nc(-c2cccs2)sc1C(=O)OCC(=O)c1ccc2c(c1)OCCCO2. The lowest BCUT2D eigenvalue weighted by molar-refractivity contribution is 0.0478. The van der Waals surface area contributed by atoms with Crippen molar-refractivity contribution in [1.82, 2.24) is 4.98 Å². The molecule has 0 N–H and O–H groups in total. The first kappa shape index (κ1) is 18.6. The first-order chi connectivity index (χ1) is 13.6. The van der Waals surface area contributed by atoms with E-state index in [0.717, 1.165) is 16.3 Å². The maximum absolute atomic E-state index is 12.4. The van der Waals surface area contributed by atoms with Gasteiger partial charge in [-0.3, -0.25) is 4.79 Å². The van der Waals surface area contributed by atoms with Gasteiger partial charge in [0, 0.05) is 12.0 Å². The van der Waals surface area contributed by atoms with Crippen molar-refractivity contribution in [2.45, 2.75) is 13.3 Å². The number of thiazole rings is 1. The summed E-state index contributed by atoms with van der Waals surface area (Å²) in [6.45, 7) is 2.54. The van der Waals surface area contributed by atoms with E-state index < -0.39 is 5.97 Å². The molecule has 0 bridgehead atoms. The molecule has 144 valence electrons. The highest BCUT2D eigenvalue weighted by Gasteiger charge is 2.20. The largest absolute Gasteiger partial charge is 0.490 e. The van der Waals surface area contributed by atoms with E-state index in [0.29, 0.717) is 40.8 Å². The van der Waals surface area contributed by atoms with Crippen LogP contribution in [0, 0.1) is 6.92 Å². The third-order valence-corrected chi connectivity index (χ3v) is 6.29. The number of rotatable bonds is 5. The number of carbonyl (C=O) groups excluding carboxylic acids is 2. The zero-order chi connectivity index (χ0) is 19.5. The number of hydrogen-bond donors (Lipinski definition) is 0. The number of thiophene rings is 1. The van der Waals surface area contributed by atoms with Gasteiger partial charge in [0.15, 0.2) is 23.9 Å². The van der Waals surface area contributed by atoms with Crippen molar-refractivity contribution in [2.75, 3.05) is 19.8 Å². The van der Waals surface area contributed by atoms with Gasteiger partial charge in [0.25, 0.3) is 0 Å². The van der Waals surface area contributed by atoms with Crippen LogP contribution in [0.4, 0.5) is 0 Å². The Hall–Kier alpha value is -2.71. The van der Waals surface area contributed by atoms with E-state index in [4.69, 9.17) is 14.2 Å². The summed E-state index contributed by atoms with van der Waals surface area (Å²) in [5, 5.41) is 2.73. The highest BCUT2D eigenvalue weighted by Crippen LogP contribution is 2.32. The molecule has 0 aliphatic carbocycles. The minimum Gasteiger partial charge on any atom is -0.490 e. The maximum Gasteiger partial charge on any atom is 0.350 e. The Balaban J connectivity index is 1.42. The predicted octanol–water partition coefficient (Wildman–Crippen LogP) is 4.38. The Morgan fingerprint density at radius 1 is 1.18 bits per heavy atom. The molecule has 1 aromatic carbocycles. The molecule has 4 rings (SSSR count). The number of fused-ring (bicyclic) bond motifs is 1. The molecular formula is C20H17NO5S2. The fourth-order valence-corrected chi connectivity index (χ4v) is 4.47. The fourth-order valence-electron chi connectivity index (χ4n) is 2.71. The van der Waals surface area contributed by atoms with Gasteiger partial charge in [-0.2, -0.15) is 0 Å². The Morgan fingerprint density at radius 2 is 2.00 bits per heavy atom. The lowest BCUT2D eigenvalue weighted by Gasteiger charge is -2.09. The summed E-state index contributed by atoms with van der Waals surface area (Å²) in [4.78, 5) is 30.7. The number of ether oxygens (including phenoxy) is 3. The molecule has 0 saturated heterocycles. The van der Waals surface area contributed by atoms with E-state index in [1.165, 1.54) is 11.3 Å². The highest BCUT2D eigenvalue weighted by molar-refractivity contribution is 7.22. The van der Waals surface area contributed by atoms with Gasteiger partial charge in [-0.05, 0) is 36.6 Å². The average Bonchev–Trinajstić information content (AvgIpc) is 3.30. The van der Waals surface area contributed by atoms with Crippen molar-refractivity contribution in [3.05, 3.63) is 51.8 Å². The first-order valence-corrected chi connectivity index (χ1v) is 10.4. The second-order valence-corrected chi connectivity index (χ2v) is 8.07. The van der Waals surface area contributed by atoms with Crippen LogP contribution >= 0.6 is 22.7 Å². The van der Waals surface area contributed by atoms with E-state index in [1.54, 1.807) is 36.5 Å². The second-order valence-electron chi connectivity index (χ2n) is 6.12. The van der Waals surface area contributed by atoms with Gasteiger partial charge in [-0.15, -0.1) is 22.7 Å². The summed E-state index contributed by atoms with van der Waals surface area (Å²) < 4.78 is 16.4. The molecule has 3 aromatic rings. The number of ketones is 1. The van der Waals surface area contributed by atoms with Crippen LogP contribution in [0.15, 0.2) is 35.7 Å². The minimum absolute atomic E-state index is 0.301. The number of esters is 1. The summed E-state index contributed by atoms with van der Waals surface area (Å²) >= 11 is 2.83. The maximum atomic E-state index is 12.4. The lowest BCUT2D eigenvalue weighted by Crippen LogP contribution is -2.14. The summed E-state index contributed by atoms with van der Waals surface area (Å²) in [5.41, 5.74) is 1.01. The smallest absolute Gasteiger partial charge is 0.350 e. The van der Waals surface area contributed by atoms with Crippen molar-refractivity contribution in [3.8, 4) is 21.4 Å². The average molecular weight is 415 g/mol. The van der Waals surface area contributed by atoms with E-state index in [-0.39, 0.29) is 12.4 Å². The van der Waals surface area contributed by atoms with Gasteiger partial charge in [0.1, 0.15) is 9.88 Å². The molecule has 0 fully saturated rings. The Labute approximate surface area is 169 Å². The molecule has 2 aromatic heterocycles. The summed E-state index contributed by atoms with van der Waals surface area (Å²) in [6, 6.07) is 8.87. The Bertz CT molecular complexity index is 1010. The number of aryl methyl sites for hydroxylation is 1. The number of benzene rings is 1. The van der Waals surface area contributed by atoms with Gasteiger partial charge < -0.3 is 14.2 Å². The molecule has 0 unspecified atom stereocenters. The van der Waals surface area contributed by atoms with Crippen molar-refractivity contribution in [3.63, 3.8) is 0 Å². The fraction of sp³-hybridized carbons (Fsp3) is 0.250. The number of Topliss-reactive ketones (excluding diaryl/α,β-unsaturated/α-hetero) is 1. The van der Waals surface area contributed by atoms with Crippen LogP contribution in [-0.2, 0) is 4.74 Å². The van der Waals surface area contributed by atoms with Crippen LogP contribution in [0.5, 0.6) is 11.5 Å². The molecule has 0 atom stereocenters. The predicted molar refractivity (Wildman–Crippen MR) is 107 cm³/mol. The molecule has 3 heterocycles. The normalized spacial score (nSPS) is 13.0. The van der Waals surface area contributed by atoms with E-state index in [9.17, 15) is 9.59 Å². The van der Waals surface area contributed by atoms with E-state index in [2.05, 4.69) is 4.98 Å². The molecule has 28 heavy (non-hydrogen) atoms. The molecule has 0 saturated carbocycles. The third kappa shape index (κ3) is 3.93. The lowest BCUT2D eigenvalue weighted by atomic mass is 10.1. The number of hydrogen-bond acceptors (Lipinski definition) is 8. The van der Waals surface area contributed by atoms with Crippen LogP contribution in [-0.4, -0.2) is 36.6 Å². The van der Waals surface area contributed by atoms with Gasteiger partial charge in [-0.1, -0.05) is 6.07 Å². The highest BCUT2D eigenvalue weighted by atomic mass is 32.1. The first-order valence-electron chi connectivity index (χ1n) is 8.73. The molecule has 0 spiro atoms. The van der Waals surface area contributed by atoms with Gasteiger partial charge >= 0.3 is 5.97 Å². The molecule has 1 aliphatic heterocycles. The van der Waals surface area contributed by atoms with Crippen LogP contribution in [0.1, 0.15) is 32.1 Å². The van der Waals surface area contributed by atoms with Gasteiger partial charge in [0.2, 0.25) is 0 Å². The second kappa shape index (κ2) is 8.12. The number of nitrogens with zero attached hydrogens (tertiary/aromatic N) is 1. The third-order valence-electron chi connectivity index (χ3n) is 4.12. The van der Waals surface area contributed by atoms with E-state index >= 15 is 0 Å². The van der Waals surface area contributed by atoms with Crippen molar-refractivity contribution in [1.29, 1.82) is 0 Å². The number of aromatic nitrogens is 1. The summed E-state index contributed by atoms with van der Waals surface area (Å²) in [6.07, 6.45) is 0.789. The molecule has 0 radical (unpaired) electrons. The summed E-state index contributed by atoms with van der Waals surface area (Å²) in [5.74, 6) is 0.311. The van der Waals surface area contributed by atoms with Crippen LogP contribution in [0.25, 0.3) is 9.88 Å². The Morgan fingerprint density at radius 3 is 2.79 bits per heavy atom. The molecule has 1 aliphatic rings. The number of carbonyl (C=O) groups is 2. The zero-order valence-corrected chi connectivity index (χ0v) is 16.7. The van der Waals surface area contributed by atoms with Crippen LogP contribution in [0.3, 0.4) is 0 Å². The molecular weight excluding hydrogens is 398 g/mol. The summed E-state index contributed by atoms with van der Waals surface area (Å²) in [7, 11) is 0. The van der Waals surface area contributed by atoms with Crippen LogP contribution < -0.4 is 9.47 Å². The molecule has 8 heteroatoms. The zero-order valence-electron chi connectivity index (χ0n) is 15.1. The van der Waals surface area contributed by atoms with Crippen molar-refractivity contribution >= 4 is 34.4 Å². The van der Waals surface area contributed by atoms with Gasteiger partial charge in [0.05, 0.1) is 23.8 Å². The Kier molecular flexibility index (Phi) is 5.40. The van der Waals surface area contributed by atoms with Gasteiger partial charge in [-0.25, -0.2) is 9.78 Å². The van der Waals surface area contributed by atoms with Crippen molar-refractivity contribution < 1.29 is 23.8 Å². The topological polar surface area (TPSA) is 74.7 Å². The van der Waals surface area contributed by atoms with E-state index in [1.807, 2.05) is 17.5 Å². The molecule has 0 amide bonds. The standard InChI is InChI=1S/C20H17NO5S2/c1-12-18(28-19(21-12)17-4-2-9-27-17)20(23)26-11-14(22)13-5-6-15-16(10-13)25-8-3-7-24-15/h2,4-6,9-10H,3,7-8,11H2,1H3. The molecule has 6 nitrogen and oxygen atoms in total. The van der Waals surface area contributed by atoms with Crippen molar-refractivity contribution in [2.24, 2.45) is 0 Å². The minimum atomic E-state index is -0.541.